The third-order valence-electron chi connectivity index (χ3n) is 14.5. The number of morpholine rings is 1. The largest absolute Gasteiger partial charge is 0.491 e. The van der Waals surface area contributed by atoms with E-state index in [1.807, 2.05) is 77.7 Å². The Bertz CT molecular complexity index is 2510. The molecule has 2 N–H and O–H groups in total. The molecule has 3 amide bonds. The molecule has 0 bridgehead atoms. The number of para-hydroxylation sites is 1. The van der Waals surface area contributed by atoms with Crippen LogP contribution >= 0.6 is 0 Å². The number of imide groups is 1. The number of anilines is 1. The van der Waals surface area contributed by atoms with Crippen LogP contribution in [0.1, 0.15) is 117 Å². The van der Waals surface area contributed by atoms with Gasteiger partial charge in [-0.25, -0.2) is 9.69 Å². The van der Waals surface area contributed by atoms with Gasteiger partial charge >= 0.3 is 12.1 Å². The Morgan fingerprint density at radius 3 is 2.10 bits per heavy atom. The van der Waals surface area contributed by atoms with Crippen LogP contribution in [0.3, 0.4) is 0 Å². The highest BCUT2D eigenvalue weighted by Crippen LogP contribution is 2.67. The molecule has 1 aliphatic carbocycles. The van der Waals surface area contributed by atoms with Gasteiger partial charge in [0.1, 0.15) is 42.1 Å². The Hall–Kier alpha value is -6.04. The van der Waals surface area contributed by atoms with Gasteiger partial charge in [0.25, 0.3) is 0 Å². The Morgan fingerprint density at radius 1 is 0.765 bits per heavy atom. The number of amides is 3. The molecule has 0 radical (unpaired) electrons. The lowest BCUT2D eigenvalue weighted by atomic mass is 9.64. The normalized spacial score (nSPS) is 25.8. The van der Waals surface area contributed by atoms with Crippen LogP contribution in [0, 0.1) is 17.8 Å². The second kappa shape index (κ2) is 20.7. The van der Waals surface area contributed by atoms with Crippen molar-refractivity contribution in [1.29, 1.82) is 0 Å². The first-order chi connectivity index (χ1) is 33.2. The zero-order valence-electron chi connectivity index (χ0n) is 38.7. The topological polar surface area (TPSA) is 155 Å². The lowest BCUT2D eigenvalue weighted by molar-refractivity contribution is -0.179. The van der Waals surface area contributed by atoms with Crippen molar-refractivity contribution in [2.24, 2.45) is 5.92 Å². The molecule has 4 aromatic carbocycles. The Balaban J connectivity index is 1.37. The summed E-state index contributed by atoms with van der Waals surface area (Å²) in [6.07, 6.45) is 7.22. The quantitative estimate of drug-likeness (QED) is 0.0695. The summed E-state index contributed by atoms with van der Waals surface area (Å²) in [7, 11) is 1.48. The number of methoxy groups -OCH3 is 1. The molecule has 0 aromatic heterocycles. The zero-order chi connectivity index (χ0) is 47.3. The molecule has 9 rings (SSSR count). The van der Waals surface area contributed by atoms with E-state index in [1.54, 1.807) is 35.2 Å². The van der Waals surface area contributed by atoms with Gasteiger partial charge in [-0.15, -0.1) is 0 Å². The number of rotatable bonds is 10. The van der Waals surface area contributed by atoms with Crippen molar-refractivity contribution in [3.8, 4) is 17.6 Å². The summed E-state index contributed by atoms with van der Waals surface area (Å²) < 4.78 is 24.0. The maximum Gasteiger partial charge on any atom is 0.421 e. The summed E-state index contributed by atoms with van der Waals surface area (Å²) in [6, 6.07) is 28.1. The molecule has 4 fully saturated rings. The minimum atomic E-state index is -2.03. The van der Waals surface area contributed by atoms with Crippen molar-refractivity contribution >= 4 is 29.6 Å². The highest BCUT2D eigenvalue weighted by molar-refractivity contribution is 6.23. The summed E-state index contributed by atoms with van der Waals surface area (Å²) in [6.45, 7) is 0.347. The third kappa shape index (κ3) is 8.79. The van der Waals surface area contributed by atoms with Gasteiger partial charge in [-0.2, -0.15) is 0 Å². The van der Waals surface area contributed by atoms with E-state index in [0.717, 1.165) is 68.3 Å². The summed E-state index contributed by atoms with van der Waals surface area (Å²) in [5.41, 5.74) is -0.360. The molecule has 5 aliphatic rings. The molecule has 4 heterocycles. The fourth-order valence-electron chi connectivity index (χ4n) is 11.5. The number of benzene rings is 4. The molecule has 356 valence electrons. The van der Waals surface area contributed by atoms with E-state index >= 15 is 14.4 Å². The number of cyclic esters (lactones) is 1. The maximum absolute atomic E-state index is 16.6. The van der Waals surface area contributed by atoms with Gasteiger partial charge in [0, 0.05) is 31.3 Å². The Morgan fingerprint density at radius 2 is 1.41 bits per heavy atom. The molecular weight excluding hydrogens is 863 g/mol. The van der Waals surface area contributed by atoms with E-state index in [-0.39, 0.29) is 32.1 Å². The van der Waals surface area contributed by atoms with Crippen LogP contribution in [0.4, 0.5) is 10.5 Å². The summed E-state index contributed by atoms with van der Waals surface area (Å²) in [4.78, 5) is 67.9. The van der Waals surface area contributed by atoms with Gasteiger partial charge in [-0.3, -0.25) is 19.3 Å². The van der Waals surface area contributed by atoms with Crippen LogP contribution < -0.4 is 9.64 Å². The first-order valence-electron chi connectivity index (χ1n) is 24.3. The fraction of sp³-hybridized carbons (Fsp3) is 0.455. The lowest BCUT2D eigenvalue weighted by Gasteiger charge is -2.46. The van der Waals surface area contributed by atoms with E-state index < -0.39 is 65.0 Å². The average Bonchev–Trinajstić information content (AvgIpc) is 3.68. The van der Waals surface area contributed by atoms with Crippen molar-refractivity contribution in [2.45, 2.75) is 106 Å². The SMILES string of the molecule is COCCOC(=O)N1C(=O)[C@@]2(c3cc(C#CC4(O)CCCCCC4)ccc31)[C@H](c1ccccc1OCCO)N1[C@H](c3ccccc3)[C@H](c3ccccc3)OC(=O)[C@H]1[C@@H]2C(=O)N1CCCCCCC1. The van der Waals surface area contributed by atoms with Crippen molar-refractivity contribution in [3.05, 3.63) is 131 Å². The smallest absolute Gasteiger partial charge is 0.421 e. The molecule has 13 heteroatoms. The monoisotopic (exact) mass is 923 g/mol. The van der Waals surface area contributed by atoms with Crippen LogP contribution in [-0.4, -0.2) is 102 Å². The summed E-state index contributed by atoms with van der Waals surface area (Å²) in [5, 5.41) is 21.9. The third-order valence-corrected chi connectivity index (χ3v) is 14.5. The molecule has 68 heavy (non-hydrogen) atoms. The van der Waals surface area contributed by atoms with E-state index in [1.165, 1.54) is 7.11 Å². The zero-order valence-corrected chi connectivity index (χ0v) is 38.7. The van der Waals surface area contributed by atoms with Gasteiger partial charge < -0.3 is 34.1 Å². The highest BCUT2D eigenvalue weighted by atomic mass is 16.6. The van der Waals surface area contributed by atoms with Crippen molar-refractivity contribution < 1.29 is 48.3 Å². The molecule has 1 saturated carbocycles. The van der Waals surface area contributed by atoms with Crippen LogP contribution in [0.5, 0.6) is 5.75 Å². The molecule has 1 spiro atoms. The number of fused-ring (bicyclic) bond motifs is 3. The van der Waals surface area contributed by atoms with Crippen molar-refractivity contribution in [3.63, 3.8) is 0 Å². The van der Waals surface area contributed by atoms with E-state index in [0.29, 0.717) is 53.9 Å². The minimum absolute atomic E-state index is 0.0683. The van der Waals surface area contributed by atoms with Crippen LogP contribution in [0.15, 0.2) is 103 Å². The summed E-state index contributed by atoms with van der Waals surface area (Å²) >= 11 is 0. The van der Waals surface area contributed by atoms with Crippen molar-refractivity contribution in [1.82, 2.24) is 9.80 Å². The molecule has 0 unspecified atom stereocenters. The van der Waals surface area contributed by atoms with Crippen LogP contribution in [-0.2, 0) is 34.0 Å². The molecular formula is C55H61N3O10. The van der Waals surface area contributed by atoms with Crippen molar-refractivity contribution in [2.75, 3.05) is 51.5 Å². The number of ether oxygens (including phenoxy) is 4. The minimum Gasteiger partial charge on any atom is -0.491 e. The van der Waals surface area contributed by atoms with E-state index in [4.69, 9.17) is 18.9 Å². The maximum atomic E-state index is 16.6. The average molecular weight is 924 g/mol. The van der Waals surface area contributed by atoms with Crippen LogP contribution in [0.2, 0.25) is 0 Å². The number of aliphatic hydroxyl groups is 2. The first kappa shape index (κ1) is 47.0. The number of likely N-dealkylation sites (tertiary alicyclic amines) is 1. The lowest BCUT2D eigenvalue weighted by Crippen LogP contribution is -2.56. The molecule has 6 atom stereocenters. The number of hydrogen-bond donors (Lipinski definition) is 2. The predicted octanol–water partition coefficient (Wildman–Crippen LogP) is 7.74. The van der Waals surface area contributed by atoms with Gasteiger partial charge in [-0.05, 0) is 79.5 Å². The second-order valence-corrected chi connectivity index (χ2v) is 18.6. The number of nitrogens with zero attached hydrogens (tertiary/aromatic N) is 3. The van der Waals surface area contributed by atoms with Gasteiger partial charge in [0.2, 0.25) is 11.8 Å². The standard InChI is InChI=1S/C55H61N3O10/c1-65-35-36-67-53(63)57-43-26-25-38(27-30-54(64)28-15-3-4-16-29-54)37-42(43)55(52(57)62)45(50(60)56-31-17-5-2-6-18-32-56)47-51(61)68-48(40-21-11-8-12-22-40)46(39-19-9-7-10-20-39)58(47)49(55)41-23-13-14-24-44(41)66-34-33-59/h7-14,19-26,37,45-49,59,64H,2-6,15-18,28-29,31-36H2,1H3/t45-,46-,47-,48+,49+,55-/m1/s1. The predicted molar refractivity (Wildman–Crippen MR) is 253 cm³/mol. The Kier molecular flexibility index (Phi) is 14.3. The molecule has 3 saturated heterocycles. The van der Waals surface area contributed by atoms with Crippen LogP contribution in [0.25, 0.3) is 0 Å². The highest BCUT2D eigenvalue weighted by Gasteiger charge is 2.76. The fourth-order valence-corrected chi connectivity index (χ4v) is 11.5. The van der Waals surface area contributed by atoms with E-state index in [2.05, 4.69) is 11.8 Å². The molecule has 13 nitrogen and oxygen atoms in total. The van der Waals surface area contributed by atoms with Gasteiger partial charge in [0.05, 0.1) is 36.9 Å². The second-order valence-electron chi connectivity index (χ2n) is 18.6. The number of aliphatic hydroxyl groups excluding tert-OH is 1. The first-order valence-corrected chi connectivity index (χ1v) is 24.3. The van der Waals surface area contributed by atoms with Gasteiger partial charge in [0.15, 0.2) is 0 Å². The number of carbonyl (C=O) groups excluding carboxylic acids is 4. The van der Waals surface area contributed by atoms with Gasteiger partial charge in [-0.1, -0.05) is 123 Å². The number of esters is 1. The number of carbonyl (C=O) groups is 4. The number of hydrogen-bond acceptors (Lipinski definition) is 11. The molecule has 4 aliphatic heterocycles. The van der Waals surface area contributed by atoms with E-state index in [9.17, 15) is 15.0 Å². The summed E-state index contributed by atoms with van der Waals surface area (Å²) in [5.74, 6) is 3.47. The molecule has 4 aromatic rings. The Labute approximate surface area is 398 Å².